The molecule has 2 heterocycles. The molecule has 43 heavy (non-hydrogen) atoms. The Bertz CT molecular complexity index is 2160. The zero-order valence-corrected chi connectivity index (χ0v) is 23.4. The van der Waals surface area contributed by atoms with E-state index in [4.69, 9.17) is 9.97 Å². The molecule has 0 atom stereocenters. The van der Waals surface area contributed by atoms with Crippen molar-refractivity contribution in [3.8, 4) is 50.7 Å². The number of rotatable bonds is 5. The van der Waals surface area contributed by atoms with E-state index in [1.807, 2.05) is 24.3 Å². The summed E-state index contributed by atoms with van der Waals surface area (Å²) in [6.07, 6.45) is 0. The van der Waals surface area contributed by atoms with Crippen molar-refractivity contribution < 1.29 is 0 Å². The van der Waals surface area contributed by atoms with Gasteiger partial charge in [0.25, 0.3) is 0 Å². The molecule has 3 nitrogen and oxygen atoms in total. The molecule has 0 saturated carbocycles. The first kappa shape index (κ1) is 25.0. The highest BCUT2D eigenvalue weighted by molar-refractivity contribution is 6.09. The monoisotopic (exact) mass is 549 g/mol. The van der Waals surface area contributed by atoms with E-state index in [9.17, 15) is 0 Å². The van der Waals surface area contributed by atoms with Crippen LogP contribution in [0.5, 0.6) is 0 Å². The highest BCUT2D eigenvalue weighted by atomic mass is 15.0. The van der Waals surface area contributed by atoms with Crippen LogP contribution in [0.25, 0.3) is 72.5 Å². The molecule has 6 aromatic carbocycles. The first-order valence-electron chi connectivity index (χ1n) is 14.5. The van der Waals surface area contributed by atoms with Crippen molar-refractivity contribution in [3.63, 3.8) is 0 Å². The molecule has 0 spiro atoms. The van der Waals surface area contributed by atoms with Gasteiger partial charge in [-0.3, -0.25) is 0 Å². The Morgan fingerprint density at radius 3 is 1.51 bits per heavy atom. The lowest BCUT2D eigenvalue weighted by Crippen LogP contribution is -1.97. The lowest BCUT2D eigenvalue weighted by atomic mass is 10.0. The average Bonchev–Trinajstić information content (AvgIpc) is 3.43. The van der Waals surface area contributed by atoms with Crippen LogP contribution in [0.4, 0.5) is 0 Å². The Morgan fingerprint density at radius 2 is 0.860 bits per heavy atom. The smallest absolute Gasteiger partial charge is 0.160 e. The summed E-state index contributed by atoms with van der Waals surface area (Å²) in [5.74, 6) is 0.704. The first-order chi connectivity index (χ1) is 21.3. The summed E-state index contributed by atoms with van der Waals surface area (Å²) < 4.78 is 2.33. The summed E-state index contributed by atoms with van der Waals surface area (Å²) in [5, 5.41) is 2.51. The molecule has 3 heteroatoms. The van der Waals surface area contributed by atoms with Gasteiger partial charge in [0.05, 0.1) is 22.4 Å². The molecule has 0 unspecified atom stereocenters. The van der Waals surface area contributed by atoms with Crippen LogP contribution >= 0.6 is 0 Å². The molecule has 0 saturated heterocycles. The summed E-state index contributed by atoms with van der Waals surface area (Å²) in [5.41, 5.74) is 10.7. The minimum atomic E-state index is 0.704. The Kier molecular flexibility index (Phi) is 6.12. The van der Waals surface area contributed by atoms with Gasteiger partial charge in [-0.1, -0.05) is 115 Å². The van der Waals surface area contributed by atoms with Gasteiger partial charge in [0.2, 0.25) is 0 Å². The van der Waals surface area contributed by atoms with E-state index in [0.29, 0.717) is 5.82 Å². The van der Waals surface area contributed by atoms with Crippen LogP contribution in [0.3, 0.4) is 0 Å². The number of hydrogen-bond donors (Lipinski definition) is 0. The Hall–Kier alpha value is -5.80. The second-order valence-electron chi connectivity index (χ2n) is 10.7. The van der Waals surface area contributed by atoms with E-state index in [0.717, 1.165) is 39.3 Å². The predicted molar refractivity (Wildman–Crippen MR) is 178 cm³/mol. The normalized spacial score (nSPS) is 11.3. The topological polar surface area (TPSA) is 30.7 Å². The van der Waals surface area contributed by atoms with Crippen LogP contribution in [-0.4, -0.2) is 14.5 Å². The second kappa shape index (κ2) is 10.6. The van der Waals surface area contributed by atoms with Crippen molar-refractivity contribution in [3.05, 3.63) is 164 Å². The van der Waals surface area contributed by atoms with E-state index in [1.54, 1.807) is 0 Å². The Labute approximate surface area is 250 Å². The number of fused-ring (bicyclic) bond motifs is 3. The van der Waals surface area contributed by atoms with Gasteiger partial charge in [-0.25, -0.2) is 9.97 Å². The molecule has 0 amide bonds. The summed E-state index contributed by atoms with van der Waals surface area (Å²) in [6, 6.07) is 57.2. The van der Waals surface area contributed by atoms with Gasteiger partial charge >= 0.3 is 0 Å². The fraction of sp³-hybridized carbons (Fsp3) is 0. The summed E-state index contributed by atoms with van der Waals surface area (Å²) in [4.78, 5) is 10.2. The van der Waals surface area contributed by atoms with Crippen LogP contribution in [-0.2, 0) is 0 Å². The maximum absolute atomic E-state index is 5.11. The lowest BCUT2D eigenvalue weighted by molar-refractivity contribution is 1.16. The summed E-state index contributed by atoms with van der Waals surface area (Å²) >= 11 is 0. The van der Waals surface area contributed by atoms with E-state index < -0.39 is 0 Å². The molecular formula is C40H27N3. The number of para-hydroxylation sites is 2. The van der Waals surface area contributed by atoms with Crippen molar-refractivity contribution in [2.24, 2.45) is 0 Å². The molecule has 0 N–H and O–H groups in total. The van der Waals surface area contributed by atoms with Crippen molar-refractivity contribution in [2.45, 2.75) is 0 Å². The third-order valence-corrected chi connectivity index (χ3v) is 8.02. The van der Waals surface area contributed by atoms with Crippen LogP contribution in [0.15, 0.2) is 164 Å². The number of benzene rings is 6. The third kappa shape index (κ3) is 4.58. The van der Waals surface area contributed by atoms with Gasteiger partial charge < -0.3 is 4.57 Å². The molecular weight excluding hydrogens is 522 g/mol. The highest BCUT2D eigenvalue weighted by Gasteiger charge is 2.14. The quantitative estimate of drug-likeness (QED) is 0.214. The molecule has 8 rings (SSSR count). The van der Waals surface area contributed by atoms with Crippen molar-refractivity contribution in [1.29, 1.82) is 0 Å². The Balaban J connectivity index is 1.25. The van der Waals surface area contributed by atoms with E-state index >= 15 is 0 Å². The molecule has 202 valence electrons. The van der Waals surface area contributed by atoms with Crippen LogP contribution in [0.2, 0.25) is 0 Å². The fourth-order valence-electron chi connectivity index (χ4n) is 5.93. The molecule has 8 aromatic rings. The van der Waals surface area contributed by atoms with Gasteiger partial charge in [-0.2, -0.15) is 0 Å². The highest BCUT2D eigenvalue weighted by Crippen LogP contribution is 2.33. The molecule has 0 radical (unpaired) electrons. The number of hydrogen-bond acceptors (Lipinski definition) is 2. The van der Waals surface area contributed by atoms with Crippen LogP contribution in [0, 0.1) is 0 Å². The maximum Gasteiger partial charge on any atom is 0.160 e. The van der Waals surface area contributed by atoms with E-state index in [-0.39, 0.29) is 0 Å². The van der Waals surface area contributed by atoms with Gasteiger partial charge in [-0.15, -0.1) is 0 Å². The zero-order chi connectivity index (χ0) is 28.6. The van der Waals surface area contributed by atoms with E-state index in [1.165, 1.54) is 27.4 Å². The van der Waals surface area contributed by atoms with E-state index in [2.05, 4.69) is 144 Å². The molecule has 0 fully saturated rings. The number of aromatic nitrogens is 3. The molecule has 0 aliphatic carbocycles. The summed E-state index contributed by atoms with van der Waals surface area (Å²) in [6.45, 7) is 0. The predicted octanol–water partition coefficient (Wildman–Crippen LogP) is 10.2. The fourth-order valence-corrected chi connectivity index (χ4v) is 5.93. The maximum atomic E-state index is 5.11. The zero-order valence-electron chi connectivity index (χ0n) is 23.4. The largest absolute Gasteiger partial charge is 0.309 e. The molecule has 0 aliphatic heterocycles. The standard InChI is InChI=1S/C40H27N3/c1-3-12-28(13-4-1)31-16-11-17-32(26-31)37-27-36(29-14-5-2-6-15-29)41-40(42-37)30-22-24-33(25-23-30)43-38-20-9-7-18-34(38)35-19-8-10-21-39(35)43/h1-27H. The number of nitrogens with zero attached hydrogens (tertiary/aromatic N) is 3. The minimum Gasteiger partial charge on any atom is -0.309 e. The molecule has 0 bridgehead atoms. The first-order valence-corrected chi connectivity index (χ1v) is 14.5. The van der Waals surface area contributed by atoms with Crippen LogP contribution in [0.1, 0.15) is 0 Å². The second-order valence-corrected chi connectivity index (χ2v) is 10.7. The molecule has 2 aromatic heterocycles. The van der Waals surface area contributed by atoms with Gasteiger partial charge in [0.15, 0.2) is 5.82 Å². The van der Waals surface area contributed by atoms with Crippen molar-refractivity contribution in [1.82, 2.24) is 14.5 Å². The third-order valence-electron chi connectivity index (χ3n) is 8.02. The average molecular weight is 550 g/mol. The summed E-state index contributed by atoms with van der Waals surface area (Å²) in [7, 11) is 0. The van der Waals surface area contributed by atoms with Gasteiger partial charge in [0.1, 0.15) is 0 Å². The minimum absolute atomic E-state index is 0.704. The SMILES string of the molecule is c1ccc(-c2cccc(-c3cc(-c4ccccc4)nc(-c4ccc(-n5c6ccccc6c6ccccc65)cc4)n3)c2)cc1. The lowest BCUT2D eigenvalue weighted by Gasteiger charge is -2.12. The molecule has 0 aliphatic rings. The van der Waals surface area contributed by atoms with Crippen molar-refractivity contribution >= 4 is 21.8 Å². The Morgan fingerprint density at radius 1 is 0.349 bits per heavy atom. The van der Waals surface area contributed by atoms with Crippen molar-refractivity contribution in [2.75, 3.05) is 0 Å². The van der Waals surface area contributed by atoms with Gasteiger partial charge in [-0.05, 0) is 59.7 Å². The van der Waals surface area contributed by atoms with Crippen LogP contribution < -0.4 is 0 Å². The van der Waals surface area contributed by atoms with Gasteiger partial charge in [0, 0.05) is 33.2 Å².